The fourth-order valence-corrected chi connectivity index (χ4v) is 5.29. The van der Waals surface area contributed by atoms with Crippen LogP contribution < -0.4 is 0 Å². The van der Waals surface area contributed by atoms with Crippen LogP contribution in [0, 0.1) is 5.41 Å². The average Bonchev–Trinajstić information content (AvgIpc) is 2.86. The summed E-state index contributed by atoms with van der Waals surface area (Å²) in [5, 5.41) is 0.886. The summed E-state index contributed by atoms with van der Waals surface area (Å²) < 4.78 is 30.1. The van der Waals surface area contributed by atoms with Crippen molar-refractivity contribution in [2.75, 3.05) is 6.26 Å². The zero-order chi connectivity index (χ0) is 29.5. The highest BCUT2D eigenvalue weighted by atomic mass is 32.2. The van der Waals surface area contributed by atoms with E-state index in [1.807, 2.05) is 83.1 Å². The topological polar surface area (TPSA) is 73.3 Å². The number of hydrogen-bond acceptors (Lipinski definition) is 5. The summed E-state index contributed by atoms with van der Waals surface area (Å²) >= 11 is 0. The highest BCUT2D eigenvalue weighted by Crippen LogP contribution is 2.38. The number of sulfone groups is 1. The largest absolute Gasteiger partial charge is 0.460 e. The van der Waals surface area contributed by atoms with Crippen LogP contribution >= 0.6 is 0 Å². The van der Waals surface area contributed by atoms with Gasteiger partial charge in [-0.25, -0.2) is 8.42 Å². The number of carbonyl (C=O) groups is 1. The van der Waals surface area contributed by atoms with E-state index in [0.29, 0.717) is 6.42 Å². The molecule has 0 bridgehead atoms. The van der Waals surface area contributed by atoms with Crippen LogP contribution in [0.1, 0.15) is 59.6 Å². The van der Waals surface area contributed by atoms with E-state index in [0.717, 1.165) is 44.3 Å². The van der Waals surface area contributed by atoms with Gasteiger partial charge in [-0.3, -0.25) is 9.78 Å². The van der Waals surface area contributed by atoms with Crippen LogP contribution in [0.5, 0.6) is 0 Å². The molecule has 4 rings (SSSR count). The van der Waals surface area contributed by atoms with E-state index < -0.39 is 25.6 Å². The SMILES string of the molecule is CC(C)(C)OC(=O)C(C)(C)Cc1ccccc1-c1cccc(-c2cc(C(C)(C)S(C)(=O)=O)cc3cccnc23)c1. The van der Waals surface area contributed by atoms with Crippen LogP contribution in [0.3, 0.4) is 0 Å². The molecule has 210 valence electrons. The summed E-state index contributed by atoms with van der Waals surface area (Å²) in [7, 11) is -3.37. The monoisotopic (exact) mass is 557 g/mol. The molecule has 3 aromatic carbocycles. The molecule has 40 heavy (non-hydrogen) atoms. The van der Waals surface area contributed by atoms with E-state index in [1.54, 1.807) is 20.0 Å². The first-order valence-corrected chi connectivity index (χ1v) is 15.4. The zero-order valence-electron chi connectivity index (χ0n) is 24.7. The first-order chi connectivity index (χ1) is 18.5. The summed E-state index contributed by atoms with van der Waals surface area (Å²) in [6, 6.07) is 24.0. The van der Waals surface area contributed by atoms with Crippen molar-refractivity contribution in [3.63, 3.8) is 0 Å². The lowest BCUT2D eigenvalue weighted by Gasteiger charge is -2.29. The van der Waals surface area contributed by atoms with Gasteiger partial charge in [-0.1, -0.05) is 48.5 Å². The Balaban J connectivity index is 1.82. The first-order valence-electron chi connectivity index (χ1n) is 13.5. The van der Waals surface area contributed by atoms with Crippen LogP contribution in [0.25, 0.3) is 33.2 Å². The van der Waals surface area contributed by atoms with Crippen LogP contribution in [-0.4, -0.2) is 31.2 Å². The molecule has 0 fully saturated rings. The predicted octanol–water partition coefficient (Wildman–Crippen LogP) is 7.76. The lowest BCUT2D eigenvalue weighted by atomic mass is 9.82. The Labute approximate surface area is 238 Å². The Morgan fingerprint density at radius 1 is 0.800 bits per heavy atom. The van der Waals surface area contributed by atoms with Crippen LogP contribution in [0.4, 0.5) is 0 Å². The summed E-state index contributed by atoms with van der Waals surface area (Å²) in [6.45, 7) is 13.0. The van der Waals surface area contributed by atoms with E-state index in [9.17, 15) is 13.2 Å². The second-order valence-electron chi connectivity index (χ2n) is 12.7. The van der Waals surface area contributed by atoms with E-state index >= 15 is 0 Å². The molecule has 0 saturated carbocycles. The Morgan fingerprint density at radius 3 is 2.10 bits per heavy atom. The van der Waals surface area contributed by atoms with E-state index in [1.165, 1.54) is 6.26 Å². The second kappa shape index (κ2) is 10.5. The van der Waals surface area contributed by atoms with E-state index in [2.05, 4.69) is 29.2 Å². The van der Waals surface area contributed by atoms with E-state index in [4.69, 9.17) is 4.74 Å². The number of nitrogens with zero attached hydrogens (tertiary/aromatic N) is 1. The third kappa shape index (κ3) is 6.12. The van der Waals surface area contributed by atoms with Gasteiger partial charge in [-0.15, -0.1) is 0 Å². The molecule has 0 radical (unpaired) electrons. The number of esters is 1. The van der Waals surface area contributed by atoms with Gasteiger partial charge in [0.05, 0.1) is 15.7 Å². The minimum atomic E-state index is -3.37. The van der Waals surface area contributed by atoms with Gasteiger partial charge in [0.25, 0.3) is 0 Å². The fourth-order valence-electron chi connectivity index (χ4n) is 4.75. The lowest BCUT2D eigenvalue weighted by molar-refractivity contribution is -0.165. The first kappa shape index (κ1) is 29.5. The van der Waals surface area contributed by atoms with Gasteiger partial charge in [-0.2, -0.15) is 0 Å². The van der Waals surface area contributed by atoms with Gasteiger partial charge >= 0.3 is 5.97 Å². The second-order valence-corrected chi connectivity index (χ2v) is 15.2. The van der Waals surface area contributed by atoms with Crippen molar-refractivity contribution in [3.8, 4) is 22.3 Å². The molecule has 0 spiro atoms. The molecule has 0 N–H and O–H groups in total. The van der Waals surface area contributed by atoms with Crippen LogP contribution in [0.2, 0.25) is 0 Å². The quantitative estimate of drug-likeness (QED) is 0.217. The molecule has 6 heteroatoms. The fraction of sp³-hybridized carbons (Fsp3) is 0.353. The molecule has 4 aromatic rings. The Morgan fingerprint density at radius 2 is 1.45 bits per heavy atom. The van der Waals surface area contributed by atoms with Gasteiger partial charge in [0, 0.05) is 23.4 Å². The molecule has 0 amide bonds. The number of rotatable bonds is 7. The smallest absolute Gasteiger partial charge is 0.312 e. The molecule has 1 heterocycles. The van der Waals surface area contributed by atoms with Crippen molar-refractivity contribution in [2.45, 2.75) is 65.2 Å². The Kier molecular flexibility index (Phi) is 7.72. The molecular weight excluding hydrogens is 518 g/mol. The molecular formula is C34H39NO4S. The molecule has 5 nitrogen and oxygen atoms in total. The normalized spacial score (nSPS) is 12.9. The van der Waals surface area contributed by atoms with Gasteiger partial charge < -0.3 is 4.74 Å². The summed E-state index contributed by atoms with van der Waals surface area (Å²) in [6.07, 6.45) is 3.55. The molecule has 0 saturated heterocycles. The molecule has 0 atom stereocenters. The summed E-state index contributed by atoms with van der Waals surface area (Å²) in [4.78, 5) is 17.7. The van der Waals surface area contributed by atoms with Crippen LogP contribution in [-0.2, 0) is 30.5 Å². The number of benzene rings is 3. The minimum Gasteiger partial charge on any atom is -0.460 e. The highest BCUT2D eigenvalue weighted by Gasteiger charge is 2.34. The minimum absolute atomic E-state index is 0.230. The third-order valence-electron chi connectivity index (χ3n) is 7.41. The van der Waals surface area contributed by atoms with Crippen molar-refractivity contribution >= 4 is 26.7 Å². The summed E-state index contributed by atoms with van der Waals surface area (Å²) in [5.74, 6) is -0.230. The maximum absolute atomic E-state index is 13.0. The third-order valence-corrected chi connectivity index (χ3v) is 9.50. The lowest BCUT2D eigenvalue weighted by Crippen LogP contribution is -2.35. The van der Waals surface area contributed by atoms with Gasteiger partial charge in [0.15, 0.2) is 9.84 Å². The van der Waals surface area contributed by atoms with Crippen molar-refractivity contribution in [2.24, 2.45) is 5.41 Å². The number of hydrogen-bond donors (Lipinski definition) is 0. The molecule has 0 unspecified atom stereocenters. The number of ether oxygens (including phenoxy) is 1. The standard InChI is InChI=1S/C34H39NO4S/c1-32(2,3)39-31(36)33(4,5)22-26-13-9-10-17-28(26)23-14-11-15-24(19-23)29-21-27(34(6,7)40(8,37)38)20-25-16-12-18-35-30(25)29/h9-21H,22H2,1-8H3. The molecule has 0 aliphatic rings. The maximum Gasteiger partial charge on any atom is 0.312 e. The van der Waals surface area contributed by atoms with Crippen molar-refractivity contribution in [3.05, 3.63) is 90.1 Å². The number of pyridine rings is 1. The van der Waals surface area contributed by atoms with Crippen molar-refractivity contribution < 1.29 is 17.9 Å². The number of carbonyl (C=O) groups excluding carboxylic acids is 1. The zero-order valence-corrected chi connectivity index (χ0v) is 25.5. The van der Waals surface area contributed by atoms with Gasteiger partial charge in [-0.05, 0) is 107 Å². The van der Waals surface area contributed by atoms with Crippen molar-refractivity contribution in [1.82, 2.24) is 4.98 Å². The Hall–Kier alpha value is -3.51. The highest BCUT2D eigenvalue weighted by molar-refractivity contribution is 7.91. The predicted molar refractivity (Wildman–Crippen MR) is 164 cm³/mol. The van der Waals surface area contributed by atoms with Crippen LogP contribution in [0.15, 0.2) is 79.0 Å². The molecule has 0 aliphatic heterocycles. The average molecular weight is 558 g/mol. The molecule has 1 aromatic heterocycles. The van der Waals surface area contributed by atoms with Crippen molar-refractivity contribution in [1.29, 1.82) is 0 Å². The molecule has 0 aliphatic carbocycles. The van der Waals surface area contributed by atoms with Gasteiger partial charge in [0.2, 0.25) is 0 Å². The number of fused-ring (bicyclic) bond motifs is 1. The summed E-state index contributed by atoms with van der Waals surface area (Å²) in [5.41, 5.74) is 5.15. The number of aromatic nitrogens is 1. The van der Waals surface area contributed by atoms with E-state index in [-0.39, 0.29) is 5.97 Å². The van der Waals surface area contributed by atoms with Gasteiger partial charge in [0.1, 0.15) is 5.60 Å². The Bertz CT molecular complexity index is 1680. The maximum atomic E-state index is 13.0.